The van der Waals surface area contributed by atoms with Crippen LogP contribution in [0, 0.1) is 0 Å². The molecule has 0 radical (unpaired) electrons. The van der Waals surface area contributed by atoms with Gasteiger partial charge in [-0.2, -0.15) is 0 Å². The first-order chi connectivity index (χ1) is 6.59. The normalized spacial score (nSPS) is 10.7. The summed E-state index contributed by atoms with van der Waals surface area (Å²) in [5, 5.41) is 12.2. The predicted molar refractivity (Wildman–Crippen MR) is 58.8 cm³/mol. The second-order valence-corrected chi connectivity index (χ2v) is 4.44. The Labute approximate surface area is 93.7 Å². The van der Waals surface area contributed by atoms with Gasteiger partial charge >= 0.3 is 5.97 Å². The summed E-state index contributed by atoms with van der Waals surface area (Å²) < 4.78 is 0.659. The number of aromatic carboxylic acids is 1. The van der Waals surface area contributed by atoms with Crippen LogP contribution in [-0.4, -0.2) is 11.1 Å². The molecule has 0 atom stereocenters. The molecular weight excluding hydrogens is 243 g/mol. The number of carboxylic acids is 1. The van der Waals surface area contributed by atoms with Crippen LogP contribution in [0.1, 0.15) is 10.4 Å². The monoisotopic (exact) mass is 246 g/mol. The van der Waals surface area contributed by atoms with Crippen molar-refractivity contribution < 1.29 is 9.90 Å². The lowest BCUT2D eigenvalue weighted by Gasteiger charge is -1.98. The van der Waals surface area contributed by atoms with Gasteiger partial charge in [0.25, 0.3) is 0 Å². The van der Waals surface area contributed by atoms with Crippen LogP contribution in [0.25, 0.3) is 10.1 Å². The Morgan fingerprint density at radius 3 is 2.71 bits per heavy atom. The number of carboxylic acid groups (broad SMARTS) is 1. The second kappa shape index (κ2) is 3.42. The highest BCUT2D eigenvalue weighted by Gasteiger charge is 2.13. The summed E-state index contributed by atoms with van der Waals surface area (Å²) in [4.78, 5) is 10.9. The summed E-state index contributed by atoms with van der Waals surface area (Å²) in [5.74, 6) is -0.990. The third-order valence-corrected chi connectivity index (χ3v) is 3.51. The molecule has 0 bridgehead atoms. The summed E-state index contributed by atoms with van der Waals surface area (Å²) in [6.07, 6.45) is 0. The number of rotatable bonds is 1. The van der Waals surface area contributed by atoms with E-state index in [-0.39, 0.29) is 5.56 Å². The Kier molecular flexibility index (Phi) is 2.39. The molecule has 5 heteroatoms. The molecule has 0 saturated heterocycles. The number of benzene rings is 1. The van der Waals surface area contributed by atoms with Crippen LogP contribution < -0.4 is 0 Å². The number of fused-ring (bicyclic) bond motifs is 1. The highest BCUT2D eigenvalue weighted by atomic mass is 35.5. The quantitative estimate of drug-likeness (QED) is 0.829. The molecule has 1 heterocycles. The molecule has 1 N–H and O–H groups in total. The van der Waals surface area contributed by atoms with Crippen molar-refractivity contribution in [1.82, 2.24) is 0 Å². The molecule has 0 aliphatic heterocycles. The molecule has 2 aromatic rings. The minimum atomic E-state index is -0.990. The fraction of sp³-hybridized carbons (Fsp3) is 0. The smallest absolute Gasteiger partial charge is 0.337 e. The van der Waals surface area contributed by atoms with Gasteiger partial charge in [0.15, 0.2) is 0 Å². The topological polar surface area (TPSA) is 37.3 Å². The van der Waals surface area contributed by atoms with Gasteiger partial charge in [-0.25, -0.2) is 4.79 Å². The van der Waals surface area contributed by atoms with Crippen molar-refractivity contribution in [1.29, 1.82) is 0 Å². The molecule has 14 heavy (non-hydrogen) atoms. The van der Waals surface area contributed by atoms with Crippen LogP contribution in [0.3, 0.4) is 0 Å². The van der Waals surface area contributed by atoms with Crippen molar-refractivity contribution in [2.75, 3.05) is 0 Å². The number of carbonyl (C=O) groups is 1. The predicted octanol–water partition coefficient (Wildman–Crippen LogP) is 3.91. The maximum Gasteiger partial charge on any atom is 0.337 e. The van der Waals surface area contributed by atoms with Crippen LogP contribution in [0.4, 0.5) is 0 Å². The molecule has 72 valence electrons. The van der Waals surface area contributed by atoms with Gasteiger partial charge < -0.3 is 5.11 Å². The highest BCUT2D eigenvalue weighted by Crippen LogP contribution is 2.34. The van der Waals surface area contributed by atoms with Crippen LogP contribution in [0.2, 0.25) is 10.0 Å². The molecule has 0 saturated carbocycles. The summed E-state index contributed by atoms with van der Waals surface area (Å²) in [7, 11) is 0. The molecule has 1 aromatic heterocycles. The van der Waals surface area contributed by atoms with E-state index in [9.17, 15) is 4.79 Å². The molecule has 0 aliphatic rings. The van der Waals surface area contributed by atoms with Crippen molar-refractivity contribution in [3.8, 4) is 0 Å². The standard InChI is InChI=1S/C9H4Cl2O2S/c10-4-1-5-7(11)3-14-8(5)6(2-4)9(12)13/h1-3H,(H,12,13). The highest BCUT2D eigenvalue weighted by molar-refractivity contribution is 7.18. The van der Waals surface area contributed by atoms with E-state index >= 15 is 0 Å². The Morgan fingerprint density at radius 2 is 2.07 bits per heavy atom. The van der Waals surface area contributed by atoms with Crippen LogP contribution >= 0.6 is 34.5 Å². The van der Waals surface area contributed by atoms with E-state index in [1.54, 1.807) is 11.4 Å². The summed E-state index contributed by atoms with van der Waals surface area (Å²) in [5.41, 5.74) is 0.199. The Hall–Kier alpha value is -0.770. The van der Waals surface area contributed by atoms with Crippen molar-refractivity contribution in [2.24, 2.45) is 0 Å². The van der Waals surface area contributed by atoms with Gasteiger partial charge in [-0.15, -0.1) is 11.3 Å². The number of halogens is 2. The van der Waals surface area contributed by atoms with E-state index in [0.29, 0.717) is 20.1 Å². The maximum absolute atomic E-state index is 10.9. The summed E-state index contributed by atoms with van der Waals surface area (Å²) in [6.45, 7) is 0. The van der Waals surface area contributed by atoms with Crippen molar-refractivity contribution in [3.63, 3.8) is 0 Å². The SMILES string of the molecule is O=C(O)c1cc(Cl)cc2c(Cl)csc12. The third-order valence-electron chi connectivity index (χ3n) is 1.82. The van der Waals surface area contributed by atoms with E-state index in [1.165, 1.54) is 17.4 Å². The Morgan fingerprint density at radius 1 is 1.36 bits per heavy atom. The molecule has 2 nitrogen and oxygen atoms in total. The lowest BCUT2D eigenvalue weighted by atomic mass is 10.2. The fourth-order valence-corrected chi connectivity index (χ4v) is 2.71. The van der Waals surface area contributed by atoms with E-state index in [2.05, 4.69) is 0 Å². The molecule has 0 spiro atoms. The van der Waals surface area contributed by atoms with Crippen molar-refractivity contribution >= 4 is 50.6 Å². The molecule has 0 fully saturated rings. The first-order valence-electron chi connectivity index (χ1n) is 3.69. The van der Waals surface area contributed by atoms with Crippen LogP contribution in [0.5, 0.6) is 0 Å². The van der Waals surface area contributed by atoms with E-state index in [0.717, 1.165) is 0 Å². The van der Waals surface area contributed by atoms with Gasteiger partial charge in [-0.05, 0) is 12.1 Å². The van der Waals surface area contributed by atoms with Crippen LogP contribution in [0.15, 0.2) is 17.5 Å². The van der Waals surface area contributed by atoms with Crippen LogP contribution in [-0.2, 0) is 0 Å². The van der Waals surface area contributed by atoms with E-state index in [4.69, 9.17) is 28.3 Å². The number of hydrogen-bond acceptors (Lipinski definition) is 2. The Balaban J connectivity index is 2.88. The zero-order chi connectivity index (χ0) is 10.3. The first kappa shape index (κ1) is 9.77. The van der Waals surface area contributed by atoms with Crippen molar-refractivity contribution in [2.45, 2.75) is 0 Å². The minimum Gasteiger partial charge on any atom is -0.478 e. The molecule has 0 aliphatic carbocycles. The lowest BCUT2D eigenvalue weighted by molar-refractivity contribution is 0.0699. The minimum absolute atomic E-state index is 0.199. The molecular formula is C9H4Cl2O2S. The maximum atomic E-state index is 10.9. The summed E-state index contributed by atoms with van der Waals surface area (Å²) >= 11 is 13.0. The van der Waals surface area contributed by atoms with Gasteiger partial charge in [0, 0.05) is 15.8 Å². The molecule has 1 aromatic carbocycles. The first-order valence-corrected chi connectivity index (χ1v) is 5.32. The lowest BCUT2D eigenvalue weighted by Crippen LogP contribution is -1.95. The van der Waals surface area contributed by atoms with E-state index in [1.807, 2.05) is 0 Å². The fourth-order valence-electron chi connectivity index (χ4n) is 1.23. The molecule has 0 amide bonds. The zero-order valence-corrected chi connectivity index (χ0v) is 9.08. The Bertz CT molecular complexity index is 519. The second-order valence-electron chi connectivity index (χ2n) is 2.72. The average Bonchev–Trinajstić information content (AvgIpc) is 2.47. The van der Waals surface area contributed by atoms with Gasteiger partial charge in [-0.1, -0.05) is 23.2 Å². The molecule has 2 rings (SSSR count). The number of thiophene rings is 1. The third kappa shape index (κ3) is 1.47. The van der Waals surface area contributed by atoms with E-state index < -0.39 is 5.97 Å². The summed E-state index contributed by atoms with van der Waals surface area (Å²) in [6, 6.07) is 3.10. The van der Waals surface area contributed by atoms with Gasteiger partial charge in [0.05, 0.1) is 15.3 Å². The largest absolute Gasteiger partial charge is 0.478 e. The van der Waals surface area contributed by atoms with Gasteiger partial charge in [-0.3, -0.25) is 0 Å². The molecule has 0 unspecified atom stereocenters. The van der Waals surface area contributed by atoms with Gasteiger partial charge in [0.2, 0.25) is 0 Å². The zero-order valence-electron chi connectivity index (χ0n) is 6.75. The number of hydrogen-bond donors (Lipinski definition) is 1. The van der Waals surface area contributed by atoms with Crippen molar-refractivity contribution in [3.05, 3.63) is 33.1 Å². The van der Waals surface area contributed by atoms with Gasteiger partial charge in [0.1, 0.15) is 0 Å². The average molecular weight is 247 g/mol.